The van der Waals surface area contributed by atoms with Gasteiger partial charge < -0.3 is 4.90 Å². The van der Waals surface area contributed by atoms with Gasteiger partial charge in [0.2, 0.25) is 0 Å². The van der Waals surface area contributed by atoms with Gasteiger partial charge in [0, 0.05) is 19.3 Å². The Labute approximate surface area is 85.2 Å². The first-order valence-corrected chi connectivity index (χ1v) is 5.41. The lowest BCUT2D eigenvalue weighted by Crippen LogP contribution is -2.35. The fraction of sp³-hybridized carbons (Fsp3) is 0.636. The van der Waals surface area contributed by atoms with E-state index in [0.717, 1.165) is 24.8 Å². The minimum absolute atomic E-state index is 0.846. The highest BCUT2D eigenvalue weighted by Crippen LogP contribution is 2.22. The second-order valence-corrected chi connectivity index (χ2v) is 3.93. The van der Waals surface area contributed by atoms with Gasteiger partial charge in [-0.1, -0.05) is 13.3 Å². The Morgan fingerprint density at radius 3 is 3.21 bits per heavy atom. The van der Waals surface area contributed by atoms with Crippen LogP contribution < -0.4 is 4.90 Å². The van der Waals surface area contributed by atoms with Crippen molar-refractivity contribution in [1.29, 1.82) is 0 Å². The number of nitrogens with zero attached hydrogens (tertiary/aromatic N) is 3. The van der Waals surface area contributed by atoms with Crippen molar-refractivity contribution < 1.29 is 0 Å². The number of hydrogen-bond acceptors (Lipinski definition) is 3. The molecule has 0 amide bonds. The van der Waals surface area contributed by atoms with Crippen LogP contribution in [-0.4, -0.2) is 23.1 Å². The fourth-order valence-corrected chi connectivity index (χ4v) is 2.08. The third-order valence-corrected chi connectivity index (χ3v) is 2.99. The quantitative estimate of drug-likeness (QED) is 0.717. The topological polar surface area (TPSA) is 29.0 Å². The van der Waals surface area contributed by atoms with E-state index in [1.165, 1.54) is 19.3 Å². The Morgan fingerprint density at radius 1 is 1.57 bits per heavy atom. The van der Waals surface area contributed by atoms with E-state index >= 15 is 0 Å². The van der Waals surface area contributed by atoms with Crippen molar-refractivity contribution in [3.8, 4) is 0 Å². The molecule has 1 aliphatic rings. The van der Waals surface area contributed by atoms with Gasteiger partial charge in [0.25, 0.3) is 0 Å². The lowest BCUT2D eigenvalue weighted by Gasteiger charge is -2.32. The summed E-state index contributed by atoms with van der Waals surface area (Å²) >= 11 is 0. The van der Waals surface area contributed by atoms with Crippen LogP contribution in [0.4, 0.5) is 5.82 Å². The molecule has 0 saturated carbocycles. The van der Waals surface area contributed by atoms with Gasteiger partial charge in [0.15, 0.2) is 0 Å². The lowest BCUT2D eigenvalue weighted by molar-refractivity contribution is 0.403. The van der Waals surface area contributed by atoms with E-state index in [1.807, 2.05) is 12.3 Å². The summed E-state index contributed by atoms with van der Waals surface area (Å²) < 4.78 is 0. The first kappa shape index (κ1) is 9.44. The van der Waals surface area contributed by atoms with Gasteiger partial charge in [0.1, 0.15) is 12.1 Å². The summed E-state index contributed by atoms with van der Waals surface area (Å²) in [6.45, 7) is 4.58. The molecule has 1 aromatic heterocycles. The average Bonchev–Trinajstić information content (AvgIpc) is 2.30. The zero-order chi connectivity index (χ0) is 9.80. The highest BCUT2D eigenvalue weighted by molar-refractivity contribution is 5.36. The summed E-state index contributed by atoms with van der Waals surface area (Å²) in [4.78, 5) is 10.6. The molecule has 1 saturated heterocycles. The summed E-state index contributed by atoms with van der Waals surface area (Å²) in [5.74, 6) is 1.93. The minimum Gasteiger partial charge on any atom is -0.356 e. The smallest absolute Gasteiger partial charge is 0.131 e. The first-order chi connectivity index (χ1) is 6.90. The summed E-state index contributed by atoms with van der Waals surface area (Å²) in [5.41, 5.74) is 0. The number of piperidine rings is 1. The number of rotatable bonds is 2. The molecule has 3 nitrogen and oxygen atoms in total. The van der Waals surface area contributed by atoms with Crippen LogP contribution in [0.25, 0.3) is 0 Å². The molecule has 0 aromatic carbocycles. The Bertz CT molecular complexity index is 273. The number of aromatic nitrogens is 2. The summed E-state index contributed by atoms with van der Waals surface area (Å²) in [7, 11) is 0. The SMILES string of the molecule is CCC1CCCN(c2ccncn2)C1. The highest BCUT2D eigenvalue weighted by atomic mass is 15.2. The molecular formula is C11H17N3. The molecule has 0 radical (unpaired) electrons. The van der Waals surface area contributed by atoms with E-state index in [4.69, 9.17) is 0 Å². The molecule has 1 atom stereocenters. The van der Waals surface area contributed by atoms with Crippen LogP contribution in [0, 0.1) is 5.92 Å². The molecule has 0 aliphatic carbocycles. The molecule has 1 aliphatic heterocycles. The van der Waals surface area contributed by atoms with Crippen molar-refractivity contribution in [2.75, 3.05) is 18.0 Å². The van der Waals surface area contributed by atoms with Gasteiger partial charge in [-0.2, -0.15) is 0 Å². The molecule has 1 unspecified atom stereocenters. The van der Waals surface area contributed by atoms with Crippen LogP contribution >= 0.6 is 0 Å². The second-order valence-electron chi connectivity index (χ2n) is 3.93. The summed E-state index contributed by atoms with van der Waals surface area (Å²) in [5, 5.41) is 0. The van der Waals surface area contributed by atoms with Crippen molar-refractivity contribution in [3.63, 3.8) is 0 Å². The van der Waals surface area contributed by atoms with Crippen molar-refractivity contribution in [3.05, 3.63) is 18.6 Å². The predicted molar refractivity (Wildman–Crippen MR) is 57.3 cm³/mol. The Balaban J connectivity index is 2.04. The van der Waals surface area contributed by atoms with Crippen LogP contribution in [0.5, 0.6) is 0 Å². The molecule has 2 rings (SSSR count). The standard InChI is InChI=1S/C11H17N3/c1-2-10-4-3-7-14(8-10)11-5-6-12-9-13-11/h5-6,9-10H,2-4,7-8H2,1H3. The van der Waals surface area contributed by atoms with Crippen LogP contribution in [0.2, 0.25) is 0 Å². The van der Waals surface area contributed by atoms with E-state index in [9.17, 15) is 0 Å². The van der Waals surface area contributed by atoms with Crippen molar-refractivity contribution in [2.24, 2.45) is 5.92 Å². The highest BCUT2D eigenvalue weighted by Gasteiger charge is 2.18. The average molecular weight is 191 g/mol. The van der Waals surface area contributed by atoms with E-state index in [2.05, 4.69) is 21.8 Å². The third kappa shape index (κ3) is 2.03. The largest absolute Gasteiger partial charge is 0.356 e. The summed E-state index contributed by atoms with van der Waals surface area (Å²) in [6.07, 6.45) is 7.39. The van der Waals surface area contributed by atoms with Gasteiger partial charge in [0.05, 0.1) is 0 Å². The van der Waals surface area contributed by atoms with Gasteiger partial charge in [-0.25, -0.2) is 9.97 Å². The predicted octanol–water partition coefficient (Wildman–Crippen LogP) is 2.10. The van der Waals surface area contributed by atoms with E-state index < -0.39 is 0 Å². The maximum absolute atomic E-state index is 4.29. The molecule has 1 aromatic rings. The van der Waals surface area contributed by atoms with E-state index in [1.54, 1.807) is 6.33 Å². The number of hydrogen-bond donors (Lipinski definition) is 0. The van der Waals surface area contributed by atoms with Gasteiger partial charge in [-0.3, -0.25) is 0 Å². The molecular weight excluding hydrogens is 174 g/mol. The van der Waals surface area contributed by atoms with Crippen LogP contribution in [0.3, 0.4) is 0 Å². The van der Waals surface area contributed by atoms with Crippen molar-refractivity contribution in [2.45, 2.75) is 26.2 Å². The molecule has 2 heterocycles. The Hall–Kier alpha value is -1.12. The van der Waals surface area contributed by atoms with Gasteiger partial charge in [-0.15, -0.1) is 0 Å². The van der Waals surface area contributed by atoms with Crippen LogP contribution in [0.1, 0.15) is 26.2 Å². The zero-order valence-corrected chi connectivity index (χ0v) is 8.69. The maximum Gasteiger partial charge on any atom is 0.131 e. The molecule has 1 fully saturated rings. The molecule has 76 valence electrons. The number of anilines is 1. The Kier molecular flexibility index (Phi) is 2.96. The van der Waals surface area contributed by atoms with Crippen LogP contribution in [-0.2, 0) is 0 Å². The van der Waals surface area contributed by atoms with Crippen molar-refractivity contribution in [1.82, 2.24) is 9.97 Å². The van der Waals surface area contributed by atoms with Gasteiger partial charge in [-0.05, 0) is 24.8 Å². The van der Waals surface area contributed by atoms with Crippen LogP contribution in [0.15, 0.2) is 18.6 Å². The zero-order valence-electron chi connectivity index (χ0n) is 8.69. The molecule has 0 spiro atoms. The molecule has 0 N–H and O–H groups in total. The van der Waals surface area contributed by atoms with Crippen molar-refractivity contribution >= 4 is 5.82 Å². The second kappa shape index (κ2) is 4.40. The van der Waals surface area contributed by atoms with E-state index in [0.29, 0.717) is 0 Å². The monoisotopic (exact) mass is 191 g/mol. The summed E-state index contributed by atoms with van der Waals surface area (Å²) in [6, 6.07) is 2.00. The minimum atomic E-state index is 0.846. The van der Waals surface area contributed by atoms with Gasteiger partial charge >= 0.3 is 0 Å². The third-order valence-electron chi connectivity index (χ3n) is 2.99. The molecule has 14 heavy (non-hydrogen) atoms. The first-order valence-electron chi connectivity index (χ1n) is 5.41. The molecule has 0 bridgehead atoms. The molecule has 3 heteroatoms. The fourth-order valence-electron chi connectivity index (χ4n) is 2.08. The lowest BCUT2D eigenvalue weighted by atomic mass is 9.96. The van der Waals surface area contributed by atoms with E-state index in [-0.39, 0.29) is 0 Å². The maximum atomic E-state index is 4.29. The Morgan fingerprint density at radius 2 is 2.50 bits per heavy atom. The normalized spacial score (nSPS) is 22.4.